The Balaban J connectivity index is 1.34. The van der Waals surface area contributed by atoms with Crippen molar-refractivity contribution in [3.8, 4) is 5.75 Å². The highest BCUT2D eigenvalue weighted by Crippen LogP contribution is 2.42. The number of methoxy groups -OCH3 is 1. The average molecular weight is 379 g/mol. The summed E-state index contributed by atoms with van der Waals surface area (Å²) in [7, 11) is 1.64. The number of hydrogen-bond donors (Lipinski definition) is 0. The Morgan fingerprint density at radius 3 is 2.50 bits per heavy atom. The number of aromatic nitrogens is 1. The predicted molar refractivity (Wildman–Crippen MR) is 105 cm³/mol. The molecule has 2 fully saturated rings. The molecule has 0 bridgehead atoms. The maximum atomic E-state index is 12.9. The van der Waals surface area contributed by atoms with Crippen molar-refractivity contribution in [2.45, 2.75) is 26.3 Å². The Morgan fingerprint density at radius 1 is 1.18 bits per heavy atom. The van der Waals surface area contributed by atoms with Gasteiger partial charge in [0, 0.05) is 38.6 Å². The second kappa shape index (κ2) is 7.26. The molecule has 4 rings (SSSR count). The molecule has 0 aliphatic carbocycles. The van der Waals surface area contributed by atoms with Crippen molar-refractivity contribution in [3.63, 3.8) is 0 Å². The zero-order valence-corrected chi connectivity index (χ0v) is 16.4. The quantitative estimate of drug-likeness (QED) is 0.767. The number of aryl methyl sites for hydroxylation is 1. The minimum atomic E-state index is -0.284. The van der Waals surface area contributed by atoms with Gasteiger partial charge in [0.1, 0.15) is 5.75 Å². The van der Waals surface area contributed by atoms with Gasteiger partial charge >= 0.3 is 0 Å². The highest BCUT2D eigenvalue weighted by Gasteiger charge is 2.53. The number of ether oxygens (including phenoxy) is 1. The van der Waals surface area contributed by atoms with E-state index in [1.807, 2.05) is 47.1 Å². The molecule has 2 aliphatic rings. The Morgan fingerprint density at radius 2 is 1.89 bits per heavy atom. The molecule has 1 aromatic carbocycles. The van der Waals surface area contributed by atoms with E-state index in [0.29, 0.717) is 25.2 Å². The summed E-state index contributed by atoms with van der Waals surface area (Å²) in [5.74, 6) is 1.05. The summed E-state index contributed by atoms with van der Waals surface area (Å²) >= 11 is 0. The van der Waals surface area contributed by atoms with Crippen LogP contribution in [0, 0.1) is 12.3 Å². The normalized spacial score (nSPS) is 18.1. The van der Waals surface area contributed by atoms with E-state index in [1.54, 1.807) is 19.5 Å². The van der Waals surface area contributed by atoms with Gasteiger partial charge in [-0.1, -0.05) is 12.1 Å². The van der Waals surface area contributed by atoms with Crippen LogP contribution >= 0.6 is 0 Å². The smallest absolute Gasteiger partial charge is 0.255 e. The standard InChI is InChI=1S/C22H25N3O3/c1-16-7-10-23-13-19(16)20(26)24-11-8-22(9-12-24)15-25(21(22)27)14-17-3-5-18(28-2)6-4-17/h3-7,10,13H,8-9,11-12,14-15H2,1-2H3. The summed E-state index contributed by atoms with van der Waals surface area (Å²) in [5.41, 5.74) is 2.40. The number of carbonyl (C=O) groups excluding carboxylic acids is 2. The SMILES string of the molecule is COc1ccc(CN2CC3(CCN(C(=O)c4cnccc4C)CC3)C2=O)cc1. The molecule has 1 spiro atoms. The van der Waals surface area contributed by atoms with Gasteiger partial charge in [-0.25, -0.2) is 0 Å². The van der Waals surface area contributed by atoms with Gasteiger partial charge in [0.2, 0.25) is 5.91 Å². The van der Waals surface area contributed by atoms with Crippen molar-refractivity contribution in [2.75, 3.05) is 26.7 Å². The number of hydrogen-bond acceptors (Lipinski definition) is 4. The summed E-state index contributed by atoms with van der Waals surface area (Å²) < 4.78 is 5.18. The molecule has 2 aliphatic heterocycles. The van der Waals surface area contributed by atoms with Crippen LogP contribution in [-0.2, 0) is 11.3 Å². The number of likely N-dealkylation sites (tertiary alicyclic amines) is 2. The van der Waals surface area contributed by atoms with Gasteiger partial charge in [-0.15, -0.1) is 0 Å². The fourth-order valence-corrected chi connectivity index (χ4v) is 4.20. The summed E-state index contributed by atoms with van der Waals surface area (Å²) in [6.07, 6.45) is 4.79. The molecule has 0 N–H and O–H groups in total. The molecule has 2 amide bonds. The largest absolute Gasteiger partial charge is 0.497 e. The minimum Gasteiger partial charge on any atom is -0.497 e. The topological polar surface area (TPSA) is 62.7 Å². The third kappa shape index (κ3) is 3.23. The van der Waals surface area contributed by atoms with E-state index in [0.717, 1.165) is 36.3 Å². The third-order valence-corrected chi connectivity index (χ3v) is 6.04. The molecule has 0 unspecified atom stereocenters. The minimum absolute atomic E-state index is 0.0160. The molecule has 0 radical (unpaired) electrons. The van der Waals surface area contributed by atoms with E-state index in [-0.39, 0.29) is 17.2 Å². The number of piperidine rings is 1. The molecular weight excluding hydrogens is 354 g/mol. The fourth-order valence-electron chi connectivity index (χ4n) is 4.20. The highest BCUT2D eigenvalue weighted by atomic mass is 16.5. The first-order valence-electron chi connectivity index (χ1n) is 9.65. The van der Waals surface area contributed by atoms with Crippen LogP contribution in [0.15, 0.2) is 42.7 Å². The van der Waals surface area contributed by atoms with Crippen molar-refractivity contribution >= 4 is 11.8 Å². The molecule has 146 valence electrons. The van der Waals surface area contributed by atoms with Gasteiger partial charge < -0.3 is 14.5 Å². The summed E-state index contributed by atoms with van der Waals surface area (Å²) in [4.78, 5) is 33.4. The molecule has 0 saturated carbocycles. The van der Waals surface area contributed by atoms with E-state index >= 15 is 0 Å². The van der Waals surface area contributed by atoms with Crippen LogP contribution in [-0.4, -0.2) is 53.3 Å². The van der Waals surface area contributed by atoms with Crippen LogP contribution in [0.3, 0.4) is 0 Å². The molecule has 0 atom stereocenters. The third-order valence-electron chi connectivity index (χ3n) is 6.04. The molecule has 2 aromatic rings. The lowest BCUT2D eigenvalue weighted by molar-refractivity contribution is -0.165. The van der Waals surface area contributed by atoms with Crippen LogP contribution in [0.4, 0.5) is 0 Å². The first-order chi connectivity index (χ1) is 13.5. The monoisotopic (exact) mass is 379 g/mol. The van der Waals surface area contributed by atoms with Crippen LogP contribution in [0.5, 0.6) is 5.75 Å². The Labute approximate surface area is 165 Å². The van der Waals surface area contributed by atoms with Crippen molar-refractivity contribution in [1.82, 2.24) is 14.8 Å². The predicted octanol–water partition coefficient (Wildman–Crippen LogP) is 2.66. The van der Waals surface area contributed by atoms with E-state index in [2.05, 4.69) is 4.98 Å². The van der Waals surface area contributed by atoms with Gasteiger partial charge in [0.05, 0.1) is 18.1 Å². The fraction of sp³-hybridized carbons (Fsp3) is 0.409. The molecule has 6 heteroatoms. The zero-order chi connectivity index (χ0) is 19.7. The Kier molecular flexibility index (Phi) is 4.79. The average Bonchev–Trinajstić information content (AvgIpc) is 2.74. The van der Waals surface area contributed by atoms with Crippen LogP contribution in [0.25, 0.3) is 0 Å². The summed E-state index contributed by atoms with van der Waals surface area (Å²) in [6, 6.07) is 9.67. The highest BCUT2D eigenvalue weighted by molar-refractivity contribution is 5.96. The molecule has 6 nitrogen and oxygen atoms in total. The number of benzene rings is 1. The molecule has 2 saturated heterocycles. The number of β-lactam (4-membered cyclic amide) rings is 1. The summed E-state index contributed by atoms with van der Waals surface area (Å²) in [5, 5.41) is 0. The van der Waals surface area contributed by atoms with Crippen molar-refractivity contribution in [3.05, 3.63) is 59.4 Å². The lowest BCUT2D eigenvalue weighted by Crippen LogP contribution is -2.64. The number of nitrogens with zero attached hydrogens (tertiary/aromatic N) is 3. The lowest BCUT2D eigenvalue weighted by Gasteiger charge is -2.52. The zero-order valence-electron chi connectivity index (χ0n) is 16.4. The van der Waals surface area contributed by atoms with E-state index < -0.39 is 0 Å². The first kappa shape index (κ1) is 18.5. The van der Waals surface area contributed by atoms with E-state index in [4.69, 9.17) is 4.74 Å². The molecular formula is C22H25N3O3. The van der Waals surface area contributed by atoms with Crippen molar-refractivity contribution in [1.29, 1.82) is 0 Å². The maximum absolute atomic E-state index is 12.9. The number of carbonyl (C=O) groups is 2. The molecule has 1 aromatic heterocycles. The van der Waals surface area contributed by atoms with Crippen molar-refractivity contribution < 1.29 is 14.3 Å². The second-order valence-electron chi connectivity index (χ2n) is 7.77. The van der Waals surface area contributed by atoms with Crippen molar-refractivity contribution in [2.24, 2.45) is 5.41 Å². The Bertz CT molecular complexity index is 886. The van der Waals surface area contributed by atoms with Gasteiger partial charge in [0.25, 0.3) is 5.91 Å². The Hall–Kier alpha value is -2.89. The maximum Gasteiger partial charge on any atom is 0.255 e. The van der Waals surface area contributed by atoms with Gasteiger partial charge in [-0.05, 0) is 49.1 Å². The number of amides is 2. The van der Waals surface area contributed by atoms with Gasteiger partial charge in [0.15, 0.2) is 0 Å². The van der Waals surface area contributed by atoms with E-state index in [1.165, 1.54) is 0 Å². The van der Waals surface area contributed by atoms with Crippen LogP contribution < -0.4 is 4.74 Å². The van der Waals surface area contributed by atoms with Crippen LogP contribution in [0.1, 0.15) is 34.3 Å². The number of pyridine rings is 1. The molecule has 3 heterocycles. The lowest BCUT2D eigenvalue weighted by atomic mass is 9.71. The van der Waals surface area contributed by atoms with Gasteiger partial charge in [-0.2, -0.15) is 0 Å². The summed E-state index contributed by atoms with van der Waals surface area (Å²) in [6.45, 7) is 4.56. The van der Waals surface area contributed by atoms with Crippen LogP contribution in [0.2, 0.25) is 0 Å². The van der Waals surface area contributed by atoms with Gasteiger partial charge in [-0.3, -0.25) is 14.6 Å². The number of rotatable bonds is 4. The van der Waals surface area contributed by atoms with E-state index in [9.17, 15) is 9.59 Å². The first-order valence-corrected chi connectivity index (χ1v) is 9.65. The second-order valence-corrected chi connectivity index (χ2v) is 7.77. The molecule has 28 heavy (non-hydrogen) atoms.